The average Bonchev–Trinajstić information content (AvgIpc) is 3.28. The molecule has 3 aromatic heterocycles. The number of rotatable bonds is 6. The number of para-hydroxylation sites is 2. The molecule has 27 heavy (non-hydrogen) atoms. The van der Waals surface area contributed by atoms with E-state index in [-0.39, 0.29) is 11.9 Å². The Labute approximate surface area is 157 Å². The summed E-state index contributed by atoms with van der Waals surface area (Å²) in [4.78, 5) is 22.2. The van der Waals surface area contributed by atoms with E-state index in [1.54, 1.807) is 0 Å². The molecule has 0 spiro atoms. The lowest BCUT2D eigenvalue weighted by Crippen LogP contribution is -2.32. The molecule has 0 saturated carbocycles. The maximum absolute atomic E-state index is 13.0. The second-order valence-corrected chi connectivity index (χ2v) is 6.58. The highest BCUT2D eigenvalue weighted by molar-refractivity contribution is 5.84. The first-order valence-corrected chi connectivity index (χ1v) is 9.37. The van der Waals surface area contributed by atoms with E-state index in [0.29, 0.717) is 13.0 Å². The molecular formula is C21H23N5O. The van der Waals surface area contributed by atoms with Crippen molar-refractivity contribution in [2.75, 3.05) is 0 Å². The van der Waals surface area contributed by atoms with Crippen LogP contribution < -0.4 is 5.32 Å². The Bertz CT molecular complexity index is 1060. The number of imidazole rings is 2. The van der Waals surface area contributed by atoms with Crippen LogP contribution in [0.4, 0.5) is 0 Å². The van der Waals surface area contributed by atoms with Gasteiger partial charge in [0.25, 0.3) is 0 Å². The van der Waals surface area contributed by atoms with Crippen LogP contribution in [0.2, 0.25) is 0 Å². The van der Waals surface area contributed by atoms with Gasteiger partial charge in [0.15, 0.2) is 0 Å². The summed E-state index contributed by atoms with van der Waals surface area (Å²) in [5.74, 6) is 0.929. The van der Waals surface area contributed by atoms with Crippen molar-refractivity contribution in [3.05, 3.63) is 66.4 Å². The number of carbonyl (C=O) groups is 1. The third kappa shape index (κ3) is 3.18. The van der Waals surface area contributed by atoms with E-state index < -0.39 is 0 Å². The molecule has 6 heteroatoms. The summed E-state index contributed by atoms with van der Waals surface area (Å²) in [5.41, 5.74) is 3.66. The number of aryl methyl sites for hydroxylation is 1. The summed E-state index contributed by atoms with van der Waals surface area (Å²) in [7, 11) is 0. The van der Waals surface area contributed by atoms with Gasteiger partial charge in [0.05, 0.1) is 23.3 Å². The molecule has 0 aliphatic heterocycles. The quantitative estimate of drug-likeness (QED) is 0.571. The Balaban J connectivity index is 1.58. The van der Waals surface area contributed by atoms with Gasteiger partial charge in [0.1, 0.15) is 17.5 Å². The van der Waals surface area contributed by atoms with Crippen LogP contribution in [0, 0.1) is 0 Å². The standard InChI is InChI=1S/C21H23N5O/c1-3-17(26-18-10-6-5-9-16(18)24-19(26)4-2)21(27)22-13-15-14-25-12-8-7-11-20(25)23-15/h5-12,14,17H,3-4,13H2,1-2H3,(H,22,27)/t17-/m0/s1. The smallest absolute Gasteiger partial charge is 0.243 e. The summed E-state index contributed by atoms with van der Waals surface area (Å²) in [6.45, 7) is 4.51. The first kappa shape index (κ1) is 17.3. The zero-order valence-corrected chi connectivity index (χ0v) is 15.6. The normalized spacial score (nSPS) is 12.5. The van der Waals surface area contributed by atoms with Crippen molar-refractivity contribution in [2.24, 2.45) is 0 Å². The van der Waals surface area contributed by atoms with E-state index in [4.69, 9.17) is 4.98 Å². The minimum Gasteiger partial charge on any atom is -0.349 e. The molecule has 1 aromatic carbocycles. The van der Waals surface area contributed by atoms with Crippen LogP contribution >= 0.6 is 0 Å². The summed E-state index contributed by atoms with van der Waals surface area (Å²) in [6.07, 6.45) is 5.38. The van der Waals surface area contributed by atoms with Gasteiger partial charge in [-0.05, 0) is 30.7 Å². The molecule has 0 bridgehead atoms. The van der Waals surface area contributed by atoms with Crippen LogP contribution in [0.15, 0.2) is 54.9 Å². The lowest BCUT2D eigenvalue weighted by Gasteiger charge is -2.19. The summed E-state index contributed by atoms with van der Waals surface area (Å²) in [6, 6.07) is 13.6. The Hall–Kier alpha value is -3.15. The lowest BCUT2D eigenvalue weighted by molar-refractivity contribution is -0.124. The number of benzene rings is 1. The number of nitrogens with one attached hydrogen (secondary N) is 1. The fourth-order valence-electron chi connectivity index (χ4n) is 3.54. The number of nitrogens with zero attached hydrogens (tertiary/aromatic N) is 4. The molecule has 0 radical (unpaired) electrons. The highest BCUT2D eigenvalue weighted by Crippen LogP contribution is 2.24. The Morgan fingerprint density at radius 3 is 2.70 bits per heavy atom. The minimum absolute atomic E-state index is 0.00703. The van der Waals surface area contributed by atoms with Crippen molar-refractivity contribution in [3.63, 3.8) is 0 Å². The molecule has 4 aromatic rings. The number of amides is 1. The van der Waals surface area contributed by atoms with Crippen molar-refractivity contribution < 1.29 is 4.79 Å². The average molecular weight is 361 g/mol. The molecule has 0 saturated heterocycles. The van der Waals surface area contributed by atoms with Crippen molar-refractivity contribution in [2.45, 2.75) is 39.3 Å². The highest BCUT2D eigenvalue weighted by Gasteiger charge is 2.23. The molecular weight excluding hydrogens is 338 g/mol. The molecule has 6 nitrogen and oxygen atoms in total. The summed E-state index contributed by atoms with van der Waals surface area (Å²) >= 11 is 0. The SMILES string of the molecule is CCc1nc2ccccc2n1[C@@H](CC)C(=O)NCc1cn2ccccc2n1. The van der Waals surface area contributed by atoms with Gasteiger partial charge in [0, 0.05) is 18.8 Å². The summed E-state index contributed by atoms with van der Waals surface area (Å²) < 4.78 is 4.03. The van der Waals surface area contributed by atoms with Gasteiger partial charge in [-0.15, -0.1) is 0 Å². The van der Waals surface area contributed by atoms with Crippen molar-refractivity contribution >= 4 is 22.6 Å². The van der Waals surface area contributed by atoms with Crippen molar-refractivity contribution in [1.82, 2.24) is 24.3 Å². The number of fused-ring (bicyclic) bond motifs is 2. The van der Waals surface area contributed by atoms with E-state index >= 15 is 0 Å². The van der Waals surface area contributed by atoms with Crippen molar-refractivity contribution in [1.29, 1.82) is 0 Å². The number of aromatic nitrogens is 4. The third-order valence-corrected chi connectivity index (χ3v) is 4.84. The highest BCUT2D eigenvalue weighted by atomic mass is 16.2. The molecule has 1 N–H and O–H groups in total. The number of hydrogen-bond donors (Lipinski definition) is 1. The second kappa shape index (κ2) is 7.23. The van der Waals surface area contributed by atoms with Crippen LogP contribution in [0.25, 0.3) is 16.7 Å². The predicted octanol–water partition coefficient (Wildman–Crippen LogP) is 3.51. The van der Waals surface area contributed by atoms with Gasteiger partial charge in [-0.25, -0.2) is 9.97 Å². The van der Waals surface area contributed by atoms with Gasteiger partial charge in [-0.1, -0.05) is 32.0 Å². The molecule has 138 valence electrons. The van der Waals surface area contributed by atoms with E-state index in [1.807, 2.05) is 66.2 Å². The fourth-order valence-corrected chi connectivity index (χ4v) is 3.54. The lowest BCUT2D eigenvalue weighted by atomic mass is 10.2. The molecule has 0 unspecified atom stereocenters. The van der Waals surface area contributed by atoms with E-state index in [1.165, 1.54) is 0 Å². The summed E-state index contributed by atoms with van der Waals surface area (Å²) in [5, 5.41) is 3.05. The fraction of sp³-hybridized carbons (Fsp3) is 0.286. The topological polar surface area (TPSA) is 64.2 Å². The molecule has 4 rings (SSSR count). The van der Waals surface area contributed by atoms with E-state index in [9.17, 15) is 4.79 Å². The zero-order valence-electron chi connectivity index (χ0n) is 15.6. The van der Waals surface area contributed by atoms with Crippen LogP contribution in [0.1, 0.15) is 37.8 Å². The van der Waals surface area contributed by atoms with E-state index in [2.05, 4.69) is 21.8 Å². The first-order chi connectivity index (χ1) is 13.2. The third-order valence-electron chi connectivity index (χ3n) is 4.84. The Kier molecular flexibility index (Phi) is 4.62. The minimum atomic E-state index is -0.288. The second-order valence-electron chi connectivity index (χ2n) is 6.58. The first-order valence-electron chi connectivity index (χ1n) is 9.37. The van der Waals surface area contributed by atoms with Crippen LogP contribution in [0.5, 0.6) is 0 Å². The monoisotopic (exact) mass is 361 g/mol. The largest absolute Gasteiger partial charge is 0.349 e. The number of carbonyl (C=O) groups excluding carboxylic acids is 1. The van der Waals surface area contributed by atoms with Gasteiger partial charge in [-0.2, -0.15) is 0 Å². The Morgan fingerprint density at radius 2 is 1.93 bits per heavy atom. The van der Waals surface area contributed by atoms with Crippen LogP contribution in [-0.4, -0.2) is 24.8 Å². The van der Waals surface area contributed by atoms with Gasteiger partial charge in [0.2, 0.25) is 5.91 Å². The predicted molar refractivity (Wildman–Crippen MR) is 105 cm³/mol. The Morgan fingerprint density at radius 1 is 1.11 bits per heavy atom. The maximum atomic E-state index is 13.0. The van der Waals surface area contributed by atoms with Gasteiger partial charge in [-0.3, -0.25) is 4.79 Å². The molecule has 1 amide bonds. The number of pyridine rings is 1. The van der Waals surface area contributed by atoms with Crippen LogP contribution in [-0.2, 0) is 17.8 Å². The van der Waals surface area contributed by atoms with Gasteiger partial charge >= 0.3 is 0 Å². The molecule has 0 aliphatic rings. The van der Waals surface area contributed by atoms with E-state index in [0.717, 1.165) is 34.6 Å². The molecule has 0 fully saturated rings. The van der Waals surface area contributed by atoms with Crippen LogP contribution in [0.3, 0.4) is 0 Å². The maximum Gasteiger partial charge on any atom is 0.243 e. The molecule has 1 atom stereocenters. The zero-order chi connectivity index (χ0) is 18.8. The molecule has 3 heterocycles. The number of hydrogen-bond acceptors (Lipinski definition) is 3. The molecule has 0 aliphatic carbocycles. The van der Waals surface area contributed by atoms with Gasteiger partial charge < -0.3 is 14.3 Å². The van der Waals surface area contributed by atoms with Crippen molar-refractivity contribution in [3.8, 4) is 0 Å².